The van der Waals surface area contributed by atoms with E-state index in [9.17, 15) is 0 Å². The SMILES string of the molecule is COc1cc(Cl)c(Br)cc1C. The van der Waals surface area contributed by atoms with Gasteiger partial charge in [-0.3, -0.25) is 0 Å². The van der Waals surface area contributed by atoms with Gasteiger partial charge in [-0.05, 0) is 34.5 Å². The second kappa shape index (κ2) is 3.46. The maximum absolute atomic E-state index is 5.84. The van der Waals surface area contributed by atoms with Gasteiger partial charge in [0.2, 0.25) is 0 Å². The molecule has 11 heavy (non-hydrogen) atoms. The van der Waals surface area contributed by atoms with E-state index < -0.39 is 0 Å². The number of hydrogen-bond donors (Lipinski definition) is 0. The van der Waals surface area contributed by atoms with Gasteiger partial charge in [0, 0.05) is 10.5 Å². The number of rotatable bonds is 1. The molecular formula is C8H8BrClO. The number of benzene rings is 1. The molecule has 0 saturated carbocycles. The summed E-state index contributed by atoms with van der Waals surface area (Å²) in [5.74, 6) is 0.818. The zero-order chi connectivity index (χ0) is 8.43. The Morgan fingerprint density at radius 3 is 2.64 bits per heavy atom. The normalized spacial score (nSPS) is 9.82. The summed E-state index contributed by atoms with van der Waals surface area (Å²) in [7, 11) is 1.63. The van der Waals surface area contributed by atoms with Crippen LogP contribution in [0.3, 0.4) is 0 Å². The van der Waals surface area contributed by atoms with Crippen molar-refractivity contribution in [2.45, 2.75) is 6.92 Å². The molecular weight excluding hydrogens is 227 g/mol. The summed E-state index contributed by atoms with van der Waals surface area (Å²) in [5.41, 5.74) is 1.07. The molecule has 0 heterocycles. The fraction of sp³-hybridized carbons (Fsp3) is 0.250. The third-order valence-electron chi connectivity index (χ3n) is 1.44. The molecule has 0 fully saturated rings. The summed E-state index contributed by atoms with van der Waals surface area (Å²) in [4.78, 5) is 0. The highest BCUT2D eigenvalue weighted by atomic mass is 79.9. The second-order valence-corrected chi connectivity index (χ2v) is 3.50. The van der Waals surface area contributed by atoms with Gasteiger partial charge in [-0.2, -0.15) is 0 Å². The van der Waals surface area contributed by atoms with Crippen LogP contribution in [-0.4, -0.2) is 7.11 Å². The maximum atomic E-state index is 5.84. The molecule has 0 bridgehead atoms. The molecule has 0 radical (unpaired) electrons. The van der Waals surface area contributed by atoms with Crippen molar-refractivity contribution in [3.8, 4) is 5.75 Å². The smallest absolute Gasteiger partial charge is 0.123 e. The molecule has 1 aromatic carbocycles. The Balaban J connectivity index is 3.21. The summed E-state index contributed by atoms with van der Waals surface area (Å²) >= 11 is 9.16. The van der Waals surface area contributed by atoms with Crippen molar-refractivity contribution in [1.82, 2.24) is 0 Å². The zero-order valence-corrected chi connectivity index (χ0v) is 8.66. The first-order valence-electron chi connectivity index (χ1n) is 3.15. The molecule has 3 heteroatoms. The zero-order valence-electron chi connectivity index (χ0n) is 6.32. The van der Waals surface area contributed by atoms with Gasteiger partial charge in [0.15, 0.2) is 0 Å². The van der Waals surface area contributed by atoms with Crippen LogP contribution in [0.4, 0.5) is 0 Å². The van der Waals surface area contributed by atoms with Gasteiger partial charge in [-0.15, -0.1) is 0 Å². The van der Waals surface area contributed by atoms with Crippen molar-refractivity contribution in [3.63, 3.8) is 0 Å². The predicted molar refractivity (Wildman–Crippen MR) is 50.4 cm³/mol. The van der Waals surface area contributed by atoms with E-state index in [2.05, 4.69) is 15.9 Å². The molecule has 0 saturated heterocycles. The first-order chi connectivity index (χ1) is 5.15. The fourth-order valence-electron chi connectivity index (χ4n) is 0.848. The van der Waals surface area contributed by atoms with Crippen LogP contribution in [0.5, 0.6) is 5.75 Å². The lowest BCUT2D eigenvalue weighted by Crippen LogP contribution is -1.86. The van der Waals surface area contributed by atoms with Crippen molar-refractivity contribution in [2.75, 3.05) is 7.11 Å². The lowest BCUT2D eigenvalue weighted by atomic mass is 10.2. The predicted octanol–water partition coefficient (Wildman–Crippen LogP) is 3.42. The molecule has 0 unspecified atom stereocenters. The van der Waals surface area contributed by atoms with Crippen LogP contribution in [-0.2, 0) is 0 Å². The monoisotopic (exact) mass is 234 g/mol. The number of hydrogen-bond acceptors (Lipinski definition) is 1. The van der Waals surface area contributed by atoms with E-state index in [0.29, 0.717) is 5.02 Å². The molecule has 0 aliphatic rings. The Hall–Kier alpha value is -0.210. The van der Waals surface area contributed by atoms with Crippen molar-refractivity contribution < 1.29 is 4.74 Å². The van der Waals surface area contributed by atoms with E-state index in [-0.39, 0.29) is 0 Å². The van der Waals surface area contributed by atoms with Crippen LogP contribution >= 0.6 is 27.5 Å². The highest BCUT2D eigenvalue weighted by Crippen LogP contribution is 2.29. The van der Waals surface area contributed by atoms with E-state index in [4.69, 9.17) is 16.3 Å². The van der Waals surface area contributed by atoms with Gasteiger partial charge < -0.3 is 4.74 Å². The largest absolute Gasteiger partial charge is 0.496 e. The Morgan fingerprint density at radius 1 is 1.45 bits per heavy atom. The number of halogens is 2. The quantitative estimate of drug-likeness (QED) is 0.725. The first kappa shape index (κ1) is 8.88. The standard InChI is InChI=1S/C8H8BrClO/c1-5-3-6(9)7(10)4-8(5)11-2/h3-4H,1-2H3. The lowest BCUT2D eigenvalue weighted by molar-refractivity contribution is 0.411. The van der Waals surface area contributed by atoms with Gasteiger partial charge in [-0.1, -0.05) is 11.6 Å². The molecule has 0 amide bonds. The topological polar surface area (TPSA) is 9.23 Å². The summed E-state index contributed by atoms with van der Waals surface area (Å²) in [6.07, 6.45) is 0. The third-order valence-corrected chi connectivity index (χ3v) is 2.63. The summed E-state index contributed by atoms with van der Waals surface area (Å²) in [6, 6.07) is 3.72. The van der Waals surface area contributed by atoms with Crippen molar-refractivity contribution in [1.29, 1.82) is 0 Å². The summed E-state index contributed by atoms with van der Waals surface area (Å²) in [6.45, 7) is 1.97. The molecule has 1 nitrogen and oxygen atoms in total. The molecule has 0 spiro atoms. The van der Waals surface area contributed by atoms with Crippen LogP contribution in [0, 0.1) is 6.92 Å². The van der Waals surface area contributed by atoms with E-state index in [1.165, 1.54) is 0 Å². The van der Waals surface area contributed by atoms with Gasteiger partial charge in [0.05, 0.1) is 12.1 Å². The molecule has 0 aliphatic heterocycles. The molecule has 60 valence electrons. The van der Waals surface area contributed by atoms with E-state index in [0.717, 1.165) is 15.8 Å². The van der Waals surface area contributed by atoms with Gasteiger partial charge in [-0.25, -0.2) is 0 Å². The van der Waals surface area contributed by atoms with Gasteiger partial charge in [0.25, 0.3) is 0 Å². The molecule has 1 rings (SSSR count). The van der Waals surface area contributed by atoms with Gasteiger partial charge >= 0.3 is 0 Å². The van der Waals surface area contributed by atoms with Crippen LogP contribution in [0.25, 0.3) is 0 Å². The Bertz CT molecular complexity index is 273. The summed E-state index contributed by atoms with van der Waals surface area (Å²) < 4.78 is 5.98. The summed E-state index contributed by atoms with van der Waals surface area (Å²) in [5, 5.41) is 0.674. The maximum Gasteiger partial charge on any atom is 0.123 e. The minimum atomic E-state index is 0.674. The fourth-order valence-corrected chi connectivity index (χ4v) is 1.46. The van der Waals surface area contributed by atoms with E-state index in [1.54, 1.807) is 13.2 Å². The first-order valence-corrected chi connectivity index (χ1v) is 4.32. The van der Waals surface area contributed by atoms with E-state index >= 15 is 0 Å². The van der Waals surface area contributed by atoms with Crippen LogP contribution in [0.1, 0.15) is 5.56 Å². The molecule has 0 aliphatic carbocycles. The average Bonchev–Trinajstić information content (AvgIpc) is 1.97. The van der Waals surface area contributed by atoms with Crippen LogP contribution in [0.15, 0.2) is 16.6 Å². The van der Waals surface area contributed by atoms with E-state index in [1.807, 2.05) is 13.0 Å². The lowest BCUT2D eigenvalue weighted by Gasteiger charge is -2.05. The van der Waals surface area contributed by atoms with Crippen molar-refractivity contribution >= 4 is 27.5 Å². The van der Waals surface area contributed by atoms with Crippen LogP contribution < -0.4 is 4.74 Å². The second-order valence-electron chi connectivity index (χ2n) is 2.24. The number of ether oxygens (including phenoxy) is 1. The van der Waals surface area contributed by atoms with Crippen LogP contribution in [0.2, 0.25) is 5.02 Å². The Morgan fingerprint density at radius 2 is 2.09 bits per heavy atom. The molecule has 1 aromatic rings. The third kappa shape index (κ3) is 1.88. The number of methoxy groups -OCH3 is 1. The minimum Gasteiger partial charge on any atom is -0.496 e. The highest BCUT2D eigenvalue weighted by Gasteiger charge is 2.02. The molecule has 0 atom stereocenters. The minimum absolute atomic E-state index is 0.674. The average molecular weight is 236 g/mol. The number of aryl methyl sites for hydroxylation is 1. The molecule has 0 aromatic heterocycles. The van der Waals surface area contributed by atoms with Crippen molar-refractivity contribution in [2.24, 2.45) is 0 Å². The highest BCUT2D eigenvalue weighted by molar-refractivity contribution is 9.10. The van der Waals surface area contributed by atoms with Crippen molar-refractivity contribution in [3.05, 3.63) is 27.2 Å². The van der Waals surface area contributed by atoms with Gasteiger partial charge in [0.1, 0.15) is 5.75 Å². The Kier molecular flexibility index (Phi) is 2.79. The Labute approximate surface area is 79.4 Å². The molecule has 0 N–H and O–H groups in total.